The van der Waals surface area contributed by atoms with Gasteiger partial charge in [0.15, 0.2) is 0 Å². The van der Waals surface area contributed by atoms with Gasteiger partial charge in [-0.3, -0.25) is 4.79 Å². The molecule has 1 aromatic carbocycles. The number of methoxy groups -OCH3 is 1. The van der Waals surface area contributed by atoms with E-state index in [4.69, 9.17) is 4.74 Å². The van der Waals surface area contributed by atoms with Gasteiger partial charge in [-0.05, 0) is 68.7 Å². The summed E-state index contributed by atoms with van der Waals surface area (Å²) >= 11 is 0. The van der Waals surface area contributed by atoms with Crippen LogP contribution in [-0.4, -0.2) is 56.3 Å². The number of fused-ring (bicyclic) bond motifs is 1. The van der Waals surface area contributed by atoms with E-state index in [-0.39, 0.29) is 16.7 Å². The van der Waals surface area contributed by atoms with Gasteiger partial charge in [-0.2, -0.15) is 4.31 Å². The van der Waals surface area contributed by atoms with Gasteiger partial charge in [0.2, 0.25) is 15.9 Å². The fraction of sp³-hybridized carbons (Fsp3) is 0.682. The molecule has 2 heterocycles. The first-order valence-corrected chi connectivity index (χ1v) is 12.4. The molecule has 3 fully saturated rings. The second-order valence-electron chi connectivity index (χ2n) is 8.66. The molecule has 0 radical (unpaired) electrons. The van der Waals surface area contributed by atoms with Crippen LogP contribution in [0.5, 0.6) is 5.75 Å². The van der Waals surface area contributed by atoms with Crippen LogP contribution >= 0.6 is 0 Å². The number of benzene rings is 1. The summed E-state index contributed by atoms with van der Waals surface area (Å²) in [7, 11) is -2.04. The Bertz CT molecular complexity index is 822. The van der Waals surface area contributed by atoms with E-state index in [2.05, 4.69) is 4.90 Å². The van der Waals surface area contributed by atoms with Crippen LogP contribution in [0.2, 0.25) is 0 Å². The zero-order chi connectivity index (χ0) is 20.4. The predicted molar refractivity (Wildman–Crippen MR) is 111 cm³/mol. The molecule has 29 heavy (non-hydrogen) atoms. The Labute approximate surface area is 174 Å². The van der Waals surface area contributed by atoms with Gasteiger partial charge < -0.3 is 9.64 Å². The molecule has 1 saturated carbocycles. The van der Waals surface area contributed by atoms with E-state index in [1.54, 1.807) is 31.4 Å². The Hall–Kier alpha value is -1.60. The molecule has 2 saturated heterocycles. The minimum atomic E-state index is -3.60. The lowest BCUT2D eigenvalue weighted by atomic mass is 9.77. The van der Waals surface area contributed by atoms with Gasteiger partial charge in [-0.1, -0.05) is 12.8 Å². The van der Waals surface area contributed by atoms with Crippen molar-refractivity contribution < 1.29 is 17.9 Å². The number of hydrogen-bond donors (Lipinski definition) is 0. The van der Waals surface area contributed by atoms with Crippen LogP contribution in [0, 0.1) is 11.8 Å². The maximum atomic E-state index is 13.4. The van der Waals surface area contributed by atoms with Crippen molar-refractivity contribution in [2.45, 2.75) is 62.3 Å². The minimum Gasteiger partial charge on any atom is -0.497 e. The predicted octanol–water partition coefficient (Wildman–Crippen LogP) is 3.28. The van der Waals surface area contributed by atoms with E-state index < -0.39 is 10.0 Å². The molecule has 6 nitrogen and oxygen atoms in total. The van der Waals surface area contributed by atoms with Crippen molar-refractivity contribution in [1.82, 2.24) is 9.21 Å². The SMILES string of the molecule is COc1ccc(S(=O)(=O)N2CCC[C@H](C(=O)N3CCC[C@@H]4CCCC[C@@H]43)C2)cc1. The van der Waals surface area contributed by atoms with Crippen LogP contribution in [-0.2, 0) is 14.8 Å². The van der Waals surface area contributed by atoms with E-state index in [1.165, 1.54) is 30.0 Å². The van der Waals surface area contributed by atoms with E-state index in [0.29, 0.717) is 30.8 Å². The third kappa shape index (κ3) is 4.17. The lowest BCUT2D eigenvalue weighted by Crippen LogP contribution is -2.54. The molecule has 7 heteroatoms. The number of ether oxygens (including phenoxy) is 1. The summed E-state index contributed by atoms with van der Waals surface area (Å²) in [6.07, 6.45) is 8.64. The molecule has 3 aliphatic rings. The number of sulfonamides is 1. The van der Waals surface area contributed by atoms with Crippen LogP contribution in [0.1, 0.15) is 51.4 Å². The standard InChI is InChI=1S/C22H32N2O4S/c1-28-19-10-12-20(13-11-19)29(26,27)23-14-4-8-18(16-23)22(25)24-15-5-7-17-6-2-3-9-21(17)24/h10-13,17-18,21H,2-9,14-16H2,1H3/t17-,18-,21-/m0/s1. The molecular formula is C22H32N2O4S. The van der Waals surface area contributed by atoms with Gasteiger partial charge in [-0.15, -0.1) is 0 Å². The van der Waals surface area contributed by atoms with Gasteiger partial charge >= 0.3 is 0 Å². The maximum Gasteiger partial charge on any atom is 0.243 e. The smallest absolute Gasteiger partial charge is 0.243 e. The van der Waals surface area contributed by atoms with Crippen molar-refractivity contribution in [3.63, 3.8) is 0 Å². The van der Waals surface area contributed by atoms with Crippen molar-refractivity contribution in [3.8, 4) is 5.75 Å². The molecule has 0 N–H and O–H groups in total. The fourth-order valence-electron chi connectivity index (χ4n) is 5.39. The molecule has 1 aromatic rings. The number of likely N-dealkylation sites (tertiary alicyclic amines) is 1. The normalized spacial score (nSPS) is 28.6. The van der Waals surface area contributed by atoms with Crippen molar-refractivity contribution in [2.75, 3.05) is 26.7 Å². The van der Waals surface area contributed by atoms with Crippen molar-refractivity contribution in [3.05, 3.63) is 24.3 Å². The molecule has 1 aliphatic carbocycles. The highest BCUT2D eigenvalue weighted by molar-refractivity contribution is 7.89. The second kappa shape index (κ2) is 8.64. The molecule has 160 valence electrons. The number of hydrogen-bond acceptors (Lipinski definition) is 4. The molecule has 3 atom stereocenters. The van der Waals surface area contributed by atoms with Crippen molar-refractivity contribution >= 4 is 15.9 Å². The zero-order valence-corrected chi connectivity index (χ0v) is 18.1. The first-order chi connectivity index (χ1) is 14.0. The van der Waals surface area contributed by atoms with Gasteiger partial charge in [0.1, 0.15) is 5.75 Å². The highest BCUT2D eigenvalue weighted by Gasteiger charge is 2.40. The van der Waals surface area contributed by atoms with Crippen LogP contribution in [0.15, 0.2) is 29.2 Å². The number of carbonyl (C=O) groups excluding carboxylic acids is 1. The first-order valence-electron chi connectivity index (χ1n) is 11.0. The topological polar surface area (TPSA) is 66.9 Å². The van der Waals surface area contributed by atoms with Crippen LogP contribution in [0.25, 0.3) is 0 Å². The highest BCUT2D eigenvalue weighted by Crippen LogP contribution is 2.37. The summed E-state index contributed by atoms with van der Waals surface area (Å²) in [6.45, 7) is 1.60. The highest BCUT2D eigenvalue weighted by atomic mass is 32.2. The Kier molecular flexibility index (Phi) is 6.16. The fourth-order valence-corrected chi connectivity index (χ4v) is 6.92. The molecule has 0 unspecified atom stereocenters. The van der Waals surface area contributed by atoms with Gasteiger partial charge in [0.05, 0.1) is 17.9 Å². The van der Waals surface area contributed by atoms with Crippen molar-refractivity contribution in [1.29, 1.82) is 0 Å². The summed E-state index contributed by atoms with van der Waals surface area (Å²) in [5, 5.41) is 0. The van der Waals surface area contributed by atoms with E-state index in [1.807, 2.05) is 0 Å². The average Bonchev–Trinajstić information content (AvgIpc) is 2.78. The molecule has 2 aliphatic heterocycles. The second-order valence-corrected chi connectivity index (χ2v) is 10.6. The Balaban J connectivity index is 1.47. The molecule has 0 bridgehead atoms. The third-order valence-electron chi connectivity index (χ3n) is 6.96. The van der Waals surface area contributed by atoms with Gasteiger partial charge in [0.25, 0.3) is 0 Å². The number of carbonyl (C=O) groups is 1. The van der Waals surface area contributed by atoms with Crippen LogP contribution in [0.3, 0.4) is 0 Å². The zero-order valence-electron chi connectivity index (χ0n) is 17.3. The Morgan fingerprint density at radius 2 is 1.66 bits per heavy atom. The van der Waals surface area contributed by atoms with E-state index in [9.17, 15) is 13.2 Å². The monoisotopic (exact) mass is 420 g/mol. The molecule has 1 amide bonds. The summed E-state index contributed by atoms with van der Waals surface area (Å²) in [5.74, 6) is 1.22. The van der Waals surface area contributed by atoms with Gasteiger partial charge in [0, 0.05) is 25.7 Å². The molecule has 4 rings (SSSR count). The van der Waals surface area contributed by atoms with Crippen LogP contribution in [0.4, 0.5) is 0 Å². The van der Waals surface area contributed by atoms with Crippen LogP contribution < -0.4 is 4.74 Å². The molecule has 0 aromatic heterocycles. The van der Waals surface area contributed by atoms with Crippen molar-refractivity contribution in [2.24, 2.45) is 11.8 Å². The maximum absolute atomic E-state index is 13.4. The number of nitrogens with zero attached hydrogens (tertiary/aromatic N) is 2. The number of rotatable bonds is 4. The van der Waals surface area contributed by atoms with Gasteiger partial charge in [-0.25, -0.2) is 8.42 Å². The summed E-state index contributed by atoms with van der Waals surface area (Å²) < 4.78 is 32.9. The quantitative estimate of drug-likeness (QED) is 0.750. The van der Waals surface area contributed by atoms with E-state index in [0.717, 1.165) is 32.2 Å². The lowest BCUT2D eigenvalue weighted by Gasteiger charge is -2.46. The minimum absolute atomic E-state index is 0.177. The third-order valence-corrected chi connectivity index (χ3v) is 8.84. The Morgan fingerprint density at radius 1 is 0.966 bits per heavy atom. The Morgan fingerprint density at radius 3 is 2.41 bits per heavy atom. The molecule has 0 spiro atoms. The lowest BCUT2D eigenvalue weighted by molar-refractivity contribution is -0.143. The molecular weight excluding hydrogens is 388 g/mol. The average molecular weight is 421 g/mol. The largest absolute Gasteiger partial charge is 0.497 e. The summed E-state index contributed by atoms with van der Waals surface area (Å²) in [4.78, 5) is 15.8. The number of amides is 1. The number of piperidine rings is 2. The summed E-state index contributed by atoms with van der Waals surface area (Å²) in [6, 6.07) is 6.86. The summed E-state index contributed by atoms with van der Waals surface area (Å²) in [5.41, 5.74) is 0. The first kappa shape index (κ1) is 20.7. The van der Waals surface area contributed by atoms with E-state index >= 15 is 0 Å².